The van der Waals surface area contributed by atoms with Crippen LogP contribution in [-0.4, -0.2) is 51.4 Å². The lowest BCUT2D eigenvalue weighted by molar-refractivity contribution is -0.126. The number of nitrogens with zero attached hydrogens (tertiary/aromatic N) is 4. The largest absolute Gasteiger partial charge is 0.355 e. The molecule has 1 N–H and O–H groups in total. The van der Waals surface area contributed by atoms with Gasteiger partial charge >= 0.3 is 0 Å². The van der Waals surface area contributed by atoms with Gasteiger partial charge in [0, 0.05) is 37.9 Å². The molecule has 0 unspecified atom stereocenters. The van der Waals surface area contributed by atoms with E-state index in [1.807, 2.05) is 6.07 Å². The Bertz CT molecular complexity index is 838. The molecule has 2 amide bonds. The van der Waals surface area contributed by atoms with E-state index in [1.165, 1.54) is 0 Å². The first kappa shape index (κ1) is 16.0. The number of amides is 2. The lowest BCUT2D eigenvalue weighted by Gasteiger charge is -2.30. The number of nitrogens with one attached hydrogen (secondary N) is 1. The molecule has 0 radical (unpaired) electrons. The summed E-state index contributed by atoms with van der Waals surface area (Å²) in [5.41, 5.74) is 2.04. The Balaban J connectivity index is 1.83. The maximum Gasteiger partial charge on any atom is 0.298 e. The van der Waals surface area contributed by atoms with Crippen molar-refractivity contribution in [1.82, 2.24) is 24.8 Å². The van der Waals surface area contributed by atoms with Gasteiger partial charge in [0.25, 0.3) is 11.8 Å². The Morgan fingerprint density at radius 1 is 1.33 bits per heavy atom. The summed E-state index contributed by atoms with van der Waals surface area (Å²) in [6.07, 6.45) is 4.93. The maximum absolute atomic E-state index is 11.9. The molecule has 3 heterocycles. The average Bonchev–Trinajstić information content (AvgIpc) is 3.05. The number of carbonyl (C=O) groups is 2. The number of fused-ring (bicyclic) bond motifs is 1. The molecule has 1 aliphatic heterocycles. The molecule has 24 heavy (non-hydrogen) atoms. The summed E-state index contributed by atoms with van der Waals surface area (Å²) in [6, 6.07) is 1.93. The lowest BCUT2D eigenvalue weighted by Crippen LogP contribution is -2.37. The minimum atomic E-state index is -0.201. The second-order valence-corrected chi connectivity index (χ2v) is 5.68. The molecule has 2 aromatic heterocycles. The van der Waals surface area contributed by atoms with Crippen molar-refractivity contribution in [3.8, 4) is 11.8 Å². The smallest absolute Gasteiger partial charge is 0.298 e. The Labute approximate surface area is 140 Å². The first-order valence-electron chi connectivity index (χ1n) is 7.92. The fraction of sp³-hybridized carbons (Fsp3) is 0.412. The Morgan fingerprint density at radius 2 is 2.08 bits per heavy atom. The molecule has 0 bridgehead atoms. The van der Waals surface area contributed by atoms with Crippen LogP contribution in [0, 0.1) is 11.8 Å². The number of carbonyl (C=O) groups excluding carboxylic acids is 2. The highest BCUT2D eigenvalue weighted by atomic mass is 16.2. The van der Waals surface area contributed by atoms with Crippen LogP contribution in [0.3, 0.4) is 0 Å². The number of aromatic nitrogens is 3. The second-order valence-electron chi connectivity index (χ2n) is 5.68. The summed E-state index contributed by atoms with van der Waals surface area (Å²) in [5.74, 6) is 5.19. The van der Waals surface area contributed by atoms with E-state index in [9.17, 15) is 9.59 Å². The van der Waals surface area contributed by atoms with Crippen LogP contribution in [0.25, 0.3) is 5.65 Å². The van der Waals surface area contributed by atoms with Crippen molar-refractivity contribution in [2.75, 3.05) is 20.1 Å². The van der Waals surface area contributed by atoms with Crippen LogP contribution in [0.15, 0.2) is 18.5 Å². The number of hydrogen-bond donors (Lipinski definition) is 1. The Morgan fingerprint density at radius 3 is 2.75 bits per heavy atom. The molecule has 7 heteroatoms. The molecular weight excluding hydrogens is 306 g/mol. The van der Waals surface area contributed by atoms with Gasteiger partial charge in [-0.2, -0.15) is 5.10 Å². The number of piperidine rings is 1. The molecule has 0 atom stereocenters. The van der Waals surface area contributed by atoms with Crippen molar-refractivity contribution >= 4 is 17.5 Å². The topological polar surface area (TPSA) is 79.6 Å². The van der Waals surface area contributed by atoms with Crippen LogP contribution in [0.1, 0.15) is 41.7 Å². The highest BCUT2D eigenvalue weighted by molar-refractivity contribution is 5.99. The summed E-state index contributed by atoms with van der Waals surface area (Å²) in [5, 5.41) is 6.94. The Kier molecular flexibility index (Phi) is 4.47. The molecule has 7 nitrogen and oxygen atoms in total. The van der Waals surface area contributed by atoms with E-state index in [0.29, 0.717) is 24.3 Å². The summed E-state index contributed by atoms with van der Waals surface area (Å²) >= 11 is 0. The third kappa shape index (κ3) is 2.83. The third-order valence-electron chi connectivity index (χ3n) is 4.33. The molecule has 1 fully saturated rings. The standard InChI is InChI=1S/C17H19N5O2/c1-3-4-15(23)21-9-6-12(7-10-21)14-5-8-19-16-13(17(24)18-2)11-20-22(14)16/h5,8,11-12H,6-7,9-10H2,1-2H3,(H,18,24). The van der Waals surface area contributed by atoms with Crippen LogP contribution < -0.4 is 5.32 Å². The molecule has 1 saturated heterocycles. The summed E-state index contributed by atoms with van der Waals surface area (Å²) in [6.45, 7) is 3.01. The molecule has 124 valence electrons. The molecule has 2 aromatic rings. The molecule has 1 aliphatic rings. The van der Waals surface area contributed by atoms with Gasteiger partial charge in [0.05, 0.1) is 6.20 Å². The normalized spacial score (nSPS) is 15.0. The fourth-order valence-corrected chi connectivity index (χ4v) is 3.08. The van der Waals surface area contributed by atoms with E-state index < -0.39 is 0 Å². The quantitative estimate of drug-likeness (QED) is 0.829. The van der Waals surface area contributed by atoms with Gasteiger partial charge in [-0.15, -0.1) is 0 Å². The highest BCUT2D eigenvalue weighted by Gasteiger charge is 2.25. The van der Waals surface area contributed by atoms with Crippen LogP contribution in [0.5, 0.6) is 0 Å². The van der Waals surface area contributed by atoms with Crippen molar-refractivity contribution in [2.45, 2.75) is 25.7 Å². The van der Waals surface area contributed by atoms with Gasteiger partial charge in [-0.05, 0) is 31.8 Å². The number of rotatable bonds is 2. The van der Waals surface area contributed by atoms with Crippen molar-refractivity contribution in [2.24, 2.45) is 0 Å². The molecule has 3 rings (SSSR count). The highest BCUT2D eigenvalue weighted by Crippen LogP contribution is 2.28. The maximum atomic E-state index is 11.9. The van der Waals surface area contributed by atoms with Gasteiger partial charge < -0.3 is 10.2 Å². The summed E-state index contributed by atoms with van der Waals surface area (Å²) in [4.78, 5) is 29.8. The van der Waals surface area contributed by atoms with E-state index in [-0.39, 0.29) is 17.7 Å². The summed E-state index contributed by atoms with van der Waals surface area (Å²) < 4.78 is 1.73. The average molecular weight is 325 g/mol. The van der Waals surface area contributed by atoms with Crippen LogP contribution in [0.2, 0.25) is 0 Å². The molecule has 0 saturated carbocycles. The number of likely N-dealkylation sites (tertiary alicyclic amines) is 1. The zero-order valence-corrected chi connectivity index (χ0v) is 13.7. The van der Waals surface area contributed by atoms with Gasteiger partial charge in [-0.1, -0.05) is 5.92 Å². The molecule has 0 aromatic carbocycles. The fourth-order valence-electron chi connectivity index (χ4n) is 3.08. The van der Waals surface area contributed by atoms with E-state index in [2.05, 4.69) is 27.2 Å². The van der Waals surface area contributed by atoms with E-state index in [1.54, 1.807) is 35.8 Å². The van der Waals surface area contributed by atoms with Crippen molar-refractivity contribution in [1.29, 1.82) is 0 Å². The van der Waals surface area contributed by atoms with E-state index in [4.69, 9.17) is 0 Å². The zero-order chi connectivity index (χ0) is 17.1. The zero-order valence-electron chi connectivity index (χ0n) is 13.7. The van der Waals surface area contributed by atoms with Gasteiger partial charge in [-0.25, -0.2) is 9.50 Å². The van der Waals surface area contributed by atoms with Crippen LogP contribution >= 0.6 is 0 Å². The van der Waals surface area contributed by atoms with Gasteiger partial charge in [0.15, 0.2) is 5.65 Å². The summed E-state index contributed by atoms with van der Waals surface area (Å²) in [7, 11) is 1.58. The van der Waals surface area contributed by atoms with Crippen molar-refractivity contribution < 1.29 is 9.59 Å². The van der Waals surface area contributed by atoms with Gasteiger partial charge in [-0.3, -0.25) is 9.59 Å². The van der Waals surface area contributed by atoms with Gasteiger partial charge in [0.1, 0.15) is 5.56 Å². The SMILES string of the molecule is CC#CC(=O)N1CCC(c2ccnc3c(C(=O)NC)cnn23)CC1. The van der Waals surface area contributed by atoms with E-state index >= 15 is 0 Å². The van der Waals surface area contributed by atoms with Gasteiger partial charge in [0.2, 0.25) is 0 Å². The first-order chi connectivity index (χ1) is 11.7. The van der Waals surface area contributed by atoms with Crippen LogP contribution in [-0.2, 0) is 4.79 Å². The lowest BCUT2D eigenvalue weighted by atomic mass is 9.93. The van der Waals surface area contributed by atoms with Crippen molar-refractivity contribution in [3.05, 3.63) is 29.7 Å². The van der Waals surface area contributed by atoms with Crippen molar-refractivity contribution in [3.63, 3.8) is 0 Å². The predicted octanol–water partition coefficient (Wildman–Crippen LogP) is 0.818. The predicted molar refractivity (Wildman–Crippen MR) is 88.4 cm³/mol. The molecule has 0 aliphatic carbocycles. The Hall–Kier alpha value is -2.88. The van der Waals surface area contributed by atoms with Crippen LogP contribution in [0.4, 0.5) is 0 Å². The number of hydrogen-bond acceptors (Lipinski definition) is 4. The van der Waals surface area contributed by atoms with E-state index in [0.717, 1.165) is 18.5 Å². The monoisotopic (exact) mass is 325 g/mol. The minimum absolute atomic E-state index is 0.114. The minimum Gasteiger partial charge on any atom is -0.355 e. The molecule has 0 spiro atoms. The third-order valence-corrected chi connectivity index (χ3v) is 4.33. The second kappa shape index (κ2) is 6.71. The first-order valence-corrected chi connectivity index (χ1v) is 7.92. The molecular formula is C17H19N5O2.